The highest BCUT2D eigenvalue weighted by Crippen LogP contribution is 2.19. The zero-order chi connectivity index (χ0) is 16.7. The molecule has 2 aliphatic rings. The minimum Gasteiger partial charge on any atom is -0.354 e. The number of piperidine rings is 1. The molecule has 2 heterocycles. The summed E-state index contributed by atoms with van der Waals surface area (Å²) in [7, 11) is 0. The summed E-state index contributed by atoms with van der Waals surface area (Å²) in [6, 6.07) is -0.00813. The highest BCUT2D eigenvalue weighted by Gasteiger charge is 2.26. The van der Waals surface area contributed by atoms with Crippen LogP contribution in [0.25, 0.3) is 0 Å². The van der Waals surface area contributed by atoms with E-state index in [2.05, 4.69) is 24.5 Å². The predicted molar refractivity (Wildman–Crippen MR) is 99.3 cm³/mol. The molecule has 140 valence electrons. The lowest BCUT2D eigenvalue weighted by Gasteiger charge is -2.33. The first-order chi connectivity index (χ1) is 11.1. The van der Waals surface area contributed by atoms with Crippen LogP contribution in [0.15, 0.2) is 0 Å². The first kappa shape index (κ1) is 21.2. The van der Waals surface area contributed by atoms with Gasteiger partial charge >= 0.3 is 0 Å². The molecule has 0 saturated carbocycles. The van der Waals surface area contributed by atoms with E-state index in [0.29, 0.717) is 30.7 Å². The minimum atomic E-state index is -0.00813. The average Bonchev–Trinajstić information content (AvgIpc) is 3.07. The van der Waals surface area contributed by atoms with Crippen molar-refractivity contribution in [2.75, 3.05) is 26.2 Å². The lowest BCUT2D eigenvalue weighted by molar-refractivity contribution is -0.133. The summed E-state index contributed by atoms with van der Waals surface area (Å²) in [4.78, 5) is 26.5. The lowest BCUT2D eigenvalue weighted by Crippen LogP contribution is -2.46. The van der Waals surface area contributed by atoms with E-state index in [9.17, 15) is 9.59 Å². The normalized spacial score (nSPS) is 25.0. The molecule has 0 radical (unpaired) electrons. The molecular weight excluding hydrogens is 326 g/mol. The minimum absolute atomic E-state index is 0. The van der Waals surface area contributed by atoms with E-state index in [0.717, 1.165) is 58.2 Å². The fraction of sp³-hybridized carbons (Fsp3) is 0.889. The lowest BCUT2D eigenvalue weighted by atomic mass is 9.96. The van der Waals surface area contributed by atoms with Crippen molar-refractivity contribution in [1.29, 1.82) is 0 Å². The van der Waals surface area contributed by atoms with Gasteiger partial charge in [-0.15, -0.1) is 12.4 Å². The number of carbonyl (C=O) groups is 2. The summed E-state index contributed by atoms with van der Waals surface area (Å²) >= 11 is 0. The van der Waals surface area contributed by atoms with Crippen LogP contribution in [0, 0.1) is 11.8 Å². The Kier molecular flexibility index (Phi) is 9.67. The van der Waals surface area contributed by atoms with Crippen LogP contribution in [0.3, 0.4) is 0 Å². The number of rotatable bonds is 7. The molecule has 2 saturated heterocycles. The molecule has 0 spiro atoms. The maximum atomic E-state index is 12.4. The largest absolute Gasteiger partial charge is 0.354 e. The first-order valence-corrected chi connectivity index (χ1v) is 9.39. The van der Waals surface area contributed by atoms with E-state index in [1.165, 1.54) is 0 Å². The molecule has 5 nitrogen and oxygen atoms in total. The second kappa shape index (κ2) is 10.9. The molecule has 2 amide bonds. The third kappa shape index (κ3) is 6.60. The Bertz CT molecular complexity index is 400. The van der Waals surface area contributed by atoms with Gasteiger partial charge in [-0.1, -0.05) is 26.7 Å². The van der Waals surface area contributed by atoms with Gasteiger partial charge in [-0.2, -0.15) is 0 Å². The van der Waals surface area contributed by atoms with E-state index in [1.807, 2.05) is 4.90 Å². The van der Waals surface area contributed by atoms with Gasteiger partial charge in [-0.25, -0.2) is 0 Å². The maximum absolute atomic E-state index is 12.4. The van der Waals surface area contributed by atoms with Crippen LogP contribution in [0.4, 0.5) is 0 Å². The van der Waals surface area contributed by atoms with Crippen LogP contribution < -0.4 is 10.6 Å². The monoisotopic (exact) mass is 359 g/mol. The van der Waals surface area contributed by atoms with Gasteiger partial charge in [0.1, 0.15) is 0 Å². The number of carbonyl (C=O) groups excluding carboxylic acids is 2. The van der Waals surface area contributed by atoms with E-state index in [-0.39, 0.29) is 24.4 Å². The van der Waals surface area contributed by atoms with Crippen molar-refractivity contribution < 1.29 is 9.59 Å². The van der Waals surface area contributed by atoms with Gasteiger partial charge in [0, 0.05) is 26.1 Å². The Hall–Kier alpha value is -0.810. The molecule has 24 heavy (non-hydrogen) atoms. The number of nitrogens with one attached hydrogen (secondary N) is 2. The molecule has 0 bridgehead atoms. The number of nitrogens with zero attached hydrogens (tertiary/aromatic N) is 1. The summed E-state index contributed by atoms with van der Waals surface area (Å²) in [6.45, 7) is 7.66. The van der Waals surface area contributed by atoms with Crippen LogP contribution in [-0.2, 0) is 9.59 Å². The van der Waals surface area contributed by atoms with Gasteiger partial charge in [-0.05, 0) is 44.1 Å². The highest BCUT2D eigenvalue weighted by molar-refractivity contribution is 5.85. The standard InChI is InChI=1S/C18H33N3O2.ClH/c1-3-6-14(2)11-17(22)21-10-5-7-15(13-21)12-20-18(23)16-8-4-9-19-16;/h14-16,19H,3-13H2,1-2H3,(H,20,23);1H. The van der Waals surface area contributed by atoms with Crippen molar-refractivity contribution >= 4 is 24.2 Å². The van der Waals surface area contributed by atoms with Crippen LogP contribution in [0.1, 0.15) is 58.8 Å². The number of hydrogen-bond donors (Lipinski definition) is 2. The molecule has 2 aliphatic heterocycles. The fourth-order valence-corrected chi connectivity index (χ4v) is 3.76. The van der Waals surface area contributed by atoms with E-state index < -0.39 is 0 Å². The molecule has 2 fully saturated rings. The number of amides is 2. The molecule has 0 aromatic heterocycles. The van der Waals surface area contributed by atoms with Crippen molar-refractivity contribution in [3.05, 3.63) is 0 Å². The Balaban J connectivity index is 0.00000288. The number of halogens is 1. The molecule has 3 atom stereocenters. The van der Waals surface area contributed by atoms with Gasteiger partial charge in [0.25, 0.3) is 0 Å². The molecule has 2 N–H and O–H groups in total. The third-order valence-electron chi connectivity index (χ3n) is 5.12. The Morgan fingerprint density at radius 3 is 2.75 bits per heavy atom. The Labute approximate surface area is 152 Å². The topological polar surface area (TPSA) is 61.4 Å². The van der Waals surface area contributed by atoms with Crippen molar-refractivity contribution in [3.63, 3.8) is 0 Å². The molecule has 0 aromatic rings. The van der Waals surface area contributed by atoms with Crippen molar-refractivity contribution in [2.24, 2.45) is 11.8 Å². The second-order valence-electron chi connectivity index (χ2n) is 7.34. The zero-order valence-electron chi connectivity index (χ0n) is 15.2. The van der Waals surface area contributed by atoms with Crippen LogP contribution >= 0.6 is 12.4 Å². The van der Waals surface area contributed by atoms with Crippen molar-refractivity contribution in [3.8, 4) is 0 Å². The molecular formula is C18H34ClN3O2. The van der Waals surface area contributed by atoms with Crippen LogP contribution in [0.2, 0.25) is 0 Å². The van der Waals surface area contributed by atoms with Gasteiger partial charge in [0.2, 0.25) is 11.8 Å². The van der Waals surface area contributed by atoms with E-state index in [1.54, 1.807) is 0 Å². The molecule has 0 aromatic carbocycles. The highest BCUT2D eigenvalue weighted by atomic mass is 35.5. The summed E-state index contributed by atoms with van der Waals surface area (Å²) in [5.41, 5.74) is 0. The Morgan fingerprint density at radius 2 is 2.08 bits per heavy atom. The average molecular weight is 360 g/mol. The van der Waals surface area contributed by atoms with Crippen LogP contribution in [0.5, 0.6) is 0 Å². The molecule has 0 aliphatic carbocycles. The molecule has 2 rings (SSSR count). The summed E-state index contributed by atoms with van der Waals surface area (Å²) < 4.78 is 0. The third-order valence-corrected chi connectivity index (χ3v) is 5.12. The number of hydrogen-bond acceptors (Lipinski definition) is 3. The van der Waals surface area contributed by atoms with Gasteiger partial charge in [0.15, 0.2) is 0 Å². The van der Waals surface area contributed by atoms with E-state index >= 15 is 0 Å². The van der Waals surface area contributed by atoms with Crippen molar-refractivity contribution in [2.45, 2.75) is 64.8 Å². The summed E-state index contributed by atoms with van der Waals surface area (Å²) in [6.07, 6.45) is 7.10. The maximum Gasteiger partial charge on any atom is 0.237 e. The molecule has 6 heteroatoms. The van der Waals surface area contributed by atoms with Gasteiger partial charge < -0.3 is 15.5 Å². The number of likely N-dealkylation sites (tertiary alicyclic amines) is 1. The smallest absolute Gasteiger partial charge is 0.237 e. The van der Waals surface area contributed by atoms with Crippen molar-refractivity contribution in [1.82, 2.24) is 15.5 Å². The SMILES string of the molecule is CCCC(C)CC(=O)N1CCCC(CNC(=O)C2CCCN2)C1.Cl. The zero-order valence-corrected chi connectivity index (χ0v) is 16.0. The van der Waals surface area contributed by atoms with Gasteiger partial charge in [-0.3, -0.25) is 9.59 Å². The van der Waals surface area contributed by atoms with Crippen LogP contribution in [-0.4, -0.2) is 48.9 Å². The van der Waals surface area contributed by atoms with Gasteiger partial charge in [0.05, 0.1) is 6.04 Å². The quantitative estimate of drug-likeness (QED) is 0.733. The summed E-state index contributed by atoms with van der Waals surface area (Å²) in [5.74, 6) is 1.29. The summed E-state index contributed by atoms with van der Waals surface area (Å²) in [5, 5.41) is 6.30. The first-order valence-electron chi connectivity index (χ1n) is 9.39. The second-order valence-corrected chi connectivity index (χ2v) is 7.34. The molecule has 3 unspecified atom stereocenters. The van der Waals surface area contributed by atoms with E-state index in [4.69, 9.17) is 0 Å². The fourth-order valence-electron chi connectivity index (χ4n) is 3.76. The predicted octanol–water partition coefficient (Wildman–Crippen LogP) is 2.34. The Morgan fingerprint density at radius 1 is 1.29 bits per heavy atom.